The molecule has 1 fully saturated rings. The number of pyridine rings is 1. The molecule has 1 aliphatic rings. The molecule has 0 spiro atoms. The molecule has 1 heterocycles. The molecule has 0 radical (unpaired) electrons. The smallest absolute Gasteiger partial charge is 0.0270 e. The Morgan fingerprint density at radius 1 is 1.33 bits per heavy atom. The van der Waals surface area contributed by atoms with E-state index in [4.69, 9.17) is 0 Å². The fraction of sp³-hybridized carbons (Fsp3) is 0.615. The number of hydrogen-bond acceptors (Lipinski definition) is 2. The molecule has 1 aromatic rings. The molecule has 2 heteroatoms. The second kappa shape index (κ2) is 4.75. The van der Waals surface area contributed by atoms with Crippen molar-refractivity contribution in [3.8, 4) is 0 Å². The van der Waals surface area contributed by atoms with E-state index in [1.165, 1.54) is 18.4 Å². The first-order valence-electron chi connectivity index (χ1n) is 6.00. The maximum atomic E-state index is 4.08. The molecule has 0 aliphatic heterocycles. The van der Waals surface area contributed by atoms with Gasteiger partial charge in [0.2, 0.25) is 0 Å². The van der Waals surface area contributed by atoms with Crippen LogP contribution < -0.4 is 5.32 Å². The van der Waals surface area contributed by atoms with E-state index in [-0.39, 0.29) is 0 Å². The molecule has 0 bridgehead atoms. The molecule has 15 heavy (non-hydrogen) atoms. The molecule has 1 N–H and O–H groups in total. The Balaban J connectivity index is 2.02. The SMILES string of the molecule is CCNC1CC(c2ccncc2)C1CC. The predicted octanol–water partition coefficient (Wildman–Crippen LogP) is 2.57. The second-order valence-electron chi connectivity index (χ2n) is 4.36. The summed E-state index contributed by atoms with van der Waals surface area (Å²) in [7, 11) is 0. The van der Waals surface area contributed by atoms with E-state index in [2.05, 4.69) is 36.3 Å². The van der Waals surface area contributed by atoms with Crippen LogP contribution >= 0.6 is 0 Å². The van der Waals surface area contributed by atoms with Crippen molar-refractivity contribution in [3.05, 3.63) is 30.1 Å². The van der Waals surface area contributed by atoms with Gasteiger partial charge < -0.3 is 5.32 Å². The summed E-state index contributed by atoms with van der Waals surface area (Å²) in [5.74, 6) is 1.56. The zero-order chi connectivity index (χ0) is 10.7. The third-order valence-corrected chi connectivity index (χ3v) is 3.61. The van der Waals surface area contributed by atoms with Crippen LogP contribution in [0.5, 0.6) is 0 Å². The molecule has 2 nitrogen and oxygen atoms in total. The zero-order valence-electron chi connectivity index (χ0n) is 9.61. The molecular formula is C13H20N2. The van der Waals surface area contributed by atoms with Crippen molar-refractivity contribution >= 4 is 0 Å². The van der Waals surface area contributed by atoms with E-state index in [0.29, 0.717) is 0 Å². The van der Waals surface area contributed by atoms with Crippen molar-refractivity contribution < 1.29 is 0 Å². The van der Waals surface area contributed by atoms with Crippen molar-refractivity contribution in [2.24, 2.45) is 5.92 Å². The highest BCUT2D eigenvalue weighted by molar-refractivity contribution is 5.22. The van der Waals surface area contributed by atoms with Gasteiger partial charge in [-0.2, -0.15) is 0 Å². The predicted molar refractivity (Wildman–Crippen MR) is 62.8 cm³/mol. The van der Waals surface area contributed by atoms with E-state index >= 15 is 0 Å². The summed E-state index contributed by atoms with van der Waals surface area (Å²) >= 11 is 0. The van der Waals surface area contributed by atoms with Gasteiger partial charge in [-0.25, -0.2) is 0 Å². The summed E-state index contributed by atoms with van der Waals surface area (Å²) in [5.41, 5.74) is 1.46. The molecule has 1 aliphatic carbocycles. The van der Waals surface area contributed by atoms with Crippen LogP contribution in [0.2, 0.25) is 0 Å². The van der Waals surface area contributed by atoms with Crippen LogP contribution in [-0.4, -0.2) is 17.6 Å². The van der Waals surface area contributed by atoms with Gasteiger partial charge in [-0.15, -0.1) is 0 Å². The first kappa shape index (κ1) is 10.6. The Morgan fingerprint density at radius 3 is 2.67 bits per heavy atom. The van der Waals surface area contributed by atoms with Crippen LogP contribution in [0, 0.1) is 5.92 Å². The normalized spacial score (nSPS) is 29.9. The summed E-state index contributed by atoms with van der Waals surface area (Å²) in [6.07, 6.45) is 6.37. The van der Waals surface area contributed by atoms with E-state index in [0.717, 1.165) is 24.4 Å². The molecule has 1 saturated carbocycles. The van der Waals surface area contributed by atoms with Gasteiger partial charge in [-0.05, 0) is 42.5 Å². The lowest BCUT2D eigenvalue weighted by atomic mass is 9.65. The zero-order valence-corrected chi connectivity index (χ0v) is 9.61. The number of nitrogens with one attached hydrogen (secondary N) is 1. The summed E-state index contributed by atoms with van der Waals surface area (Å²) in [5, 5.41) is 3.57. The van der Waals surface area contributed by atoms with Crippen molar-refractivity contribution in [1.82, 2.24) is 10.3 Å². The molecule has 3 atom stereocenters. The molecule has 82 valence electrons. The second-order valence-corrected chi connectivity index (χ2v) is 4.36. The van der Waals surface area contributed by atoms with Crippen LogP contribution in [0.1, 0.15) is 38.2 Å². The highest BCUT2D eigenvalue weighted by atomic mass is 14.9. The van der Waals surface area contributed by atoms with E-state index in [1.54, 1.807) is 0 Å². The van der Waals surface area contributed by atoms with Gasteiger partial charge in [-0.3, -0.25) is 4.98 Å². The lowest BCUT2D eigenvalue weighted by Crippen LogP contribution is -2.48. The van der Waals surface area contributed by atoms with Crippen molar-refractivity contribution in [1.29, 1.82) is 0 Å². The first-order valence-corrected chi connectivity index (χ1v) is 6.00. The quantitative estimate of drug-likeness (QED) is 0.815. The molecule has 0 saturated heterocycles. The minimum atomic E-state index is 0.734. The van der Waals surface area contributed by atoms with Crippen LogP contribution in [0.3, 0.4) is 0 Å². The summed E-state index contributed by atoms with van der Waals surface area (Å²) in [6, 6.07) is 5.06. The maximum Gasteiger partial charge on any atom is 0.0270 e. The minimum absolute atomic E-state index is 0.734. The van der Waals surface area contributed by atoms with Gasteiger partial charge in [0.1, 0.15) is 0 Å². The topological polar surface area (TPSA) is 24.9 Å². The summed E-state index contributed by atoms with van der Waals surface area (Å²) in [4.78, 5) is 4.08. The van der Waals surface area contributed by atoms with Crippen molar-refractivity contribution in [3.63, 3.8) is 0 Å². The average molecular weight is 204 g/mol. The van der Waals surface area contributed by atoms with Gasteiger partial charge in [-0.1, -0.05) is 20.3 Å². The van der Waals surface area contributed by atoms with E-state index in [9.17, 15) is 0 Å². The number of nitrogens with zero attached hydrogens (tertiary/aromatic N) is 1. The summed E-state index contributed by atoms with van der Waals surface area (Å²) in [6.45, 7) is 5.57. The highest BCUT2D eigenvalue weighted by Gasteiger charge is 2.39. The lowest BCUT2D eigenvalue weighted by Gasteiger charge is -2.45. The molecule has 0 aromatic carbocycles. The van der Waals surface area contributed by atoms with Crippen molar-refractivity contribution in [2.75, 3.05) is 6.54 Å². The van der Waals surface area contributed by atoms with Crippen LogP contribution in [0.4, 0.5) is 0 Å². The van der Waals surface area contributed by atoms with Crippen molar-refractivity contribution in [2.45, 2.75) is 38.6 Å². The van der Waals surface area contributed by atoms with Gasteiger partial charge >= 0.3 is 0 Å². The first-order chi connectivity index (χ1) is 7.36. The summed E-state index contributed by atoms with van der Waals surface area (Å²) < 4.78 is 0. The minimum Gasteiger partial charge on any atom is -0.314 e. The molecule has 1 aromatic heterocycles. The Morgan fingerprint density at radius 2 is 2.07 bits per heavy atom. The van der Waals surface area contributed by atoms with Gasteiger partial charge in [0.05, 0.1) is 0 Å². The van der Waals surface area contributed by atoms with Crippen LogP contribution in [0.15, 0.2) is 24.5 Å². The molecule has 3 unspecified atom stereocenters. The van der Waals surface area contributed by atoms with Crippen LogP contribution in [0.25, 0.3) is 0 Å². The Hall–Kier alpha value is -0.890. The third kappa shape index (κ3) is 2.05. The Labute approximate surface area is 92.1 Å². The number of rotatable bonds is 4. The molecule has 0 amide bonds. The fourth-order valence-corrected chi connectivity index (χ4v) is 2.77. The lowest BCUT2D eigenvalue weighted by molar-refractivity contribution is 0.163. The number of hydrogen-bond donors (Lipinski definition) is 1. The van der Waals surface area contributed by atoms with E-state index < -0.39 is 0 Å². The average Bonchev–Trinajstić information content (AvgIpc) is 2.25. The molecule has 2 rings (SSSR count). The third-order valence-electron chi connectivity index (χ3n) is 3.61. The monoisotopic (exact) mass is 204 g/mol. The largest absolute Gasteiger partial charge is 0.314 e. The van der Waals surface area contributed by atoms with Gasteiger partial charge in [0.25, 0.3) is 0 Å². The maximum absolute atomic E-state index is 4.08. The molecular weight excluding hydrogens is 184 g/mol. The number of aromatic nitrogens is 1. The Kier molecular flexibility index (Phi) is 3.37. The van der Waals surface area contributed by atoms with Gasteiger partial charge in [0, 0.05) is 18.4 Å². The highest BCUT2D eigenvalue weighted by Crippen LogP contribution is 2.44. The van der Waals surface area contributed by atoms with Crippen LogP contribution in [-0.2, 0) is 0 Å². The van der Waals surface area contributed by atoms with E-state index in [1.807, 2.05) is 12.4 Å². The van der Waals surface area contributed by atoms with Gasteiger partial charge in [0.15, 0.2) is 0 Å². The fourth-order valence-electron chi connectivity index (χ4n) is 2.77. The Bertz CT molecular complexity index is 297. The standard InChI is InChI=1S/C13H20N2/c1-3-11-12(9-13(11)15-4-2)10-5-7-14-8-6-10/h5-8,11-13,15H,3-4,9H2,1-2H3.